The number of rotatable bonds is 3. The summed E-state index contributed by atoms with van der Waals surface area (Å²) >= 11 is 0. The van der Waals surface area contributed by atoms with Crippen molar-refractivity contribution in [2.75, 3.05) is 19.7 Å². The molecule has 0 unspecified atom stereocenters. The number of aryl methyl sites for hydroxylation is 1. The molecule has 0 fully saturated rings. The number of ether oxygens (including phenoxy) is 1. The van der Waals surface area contributed by atoms with Crippen LogP contribution >= 0.6 is 0 Å². The van der Waals surface area contributed by atoms with Gasteiger partial charge in [0.25, 0.3) is 0 Å². The lowest BCUT2D eigenvalue weighted by molar-refractivity contribution is -0.122. The van der Waals surface area contributed by atoms with Gasteiger partial charge in [0.1, 0.15) is 5.75 Å². The predicted octanol–water partition coefficient (Wildman–Crippen LogP) is 3.37. The van der Waals surface area contributed by atoms with Crippen LogP contribution in [0.2, 0.25) is 0 Å². The zero-order chi connectivity index (χ0) is 20.6. The molecule has 0 aliphatic carbocycles. The van der Waals surface area contributed by atoms with Crippen molar-refractivity contribution < 1.29 is 19.4 Å². The maximum absolute atomic E-state index is 12.4. The first kappa shape index (κ1) is 20.9. The summed E-state index contributed by atoms with van der Waals surface area (Å²) in [6.45, 7) is 4.63. The van der Waals surface area contributed by atoms with Crippen molar-refractivity contribution in [3.05, 3.63) is 64.7 Å². The van der Waals surface area contributed by atoms with E-state index in [9.17, 15) is 14.7 Å². The van der Waals surface area contributed by atoms with Crippen molar-refractivity contribution in [3.8, 4) is 5.75 Å². The van der Waals surface area contributed by atoms with Crippen LogP contribution in [0.15, 0.2) is 42.5 Å². The van der Waals surface area contributed by atoms with E-state index < -0.39 is 5.97 Å². The van der Waals surface area contributed by atoms with Gasteiger partial charge >= 0.3 is 5.97 Å². The van der Waals surface area contributed by atoms with Crippen molar-refractivity contribution >= 4 is 11.9 Å². The molecule has 1 aliphatic rings. The Morgan fingerprint density at radius 3 is 2.79 bits per heavy atom. The van der Waals surface area contributed by atoms with Gasteiger partial charge in [-0.2, -0.15) is 0 Å². The highest BCUT2D eigenvalue weighted by molar-refractivity contribution is 5.88. The fourth-order valence-corrected chi connectivity index (χ4v) is 3.50. The van der Waals surface area contributed by atoms with E-state index >= 15 is 0 Å². The van der Waals surface area contributed by atoms with Crippen LogP contribution in [-0.2, 0) is 17.9 Å². The zero-order valence-electron chi connectivity index (χ0n) is 16.8. The van der Waals surface area contributed by atoms with Crippen LogP contribution < -0.4 is 10.1 Å². The number of carbonyl (C=O) groups is 2. The van der Waals surface area contributed by atoms with Gasteiger partial charge in [0, 0.05) is 25.2 Å². The van der Waals surface area contributed by atoms with E-state index in [1.165, 1.54) is 5.56 Å². The summed E-state index contributed by atoms with van der Waals surface area (Å²) in [5.41, 5.74) is 3.39. The van der Waals surface area contributed by atoms with Crippen molar-refractivity contribution in [1.82, 2.24) is 10.2 Å². The molecule has 0 saturated heterocycles. The van der Waals surface area contributed by atoms with Crippen LogP contribution in [-0.4, -0.2) is 41.6 Å². The Balaban J connectivity index is 1.88. The van der Waals surface area contributed by atoms with Crippen LogP contribution in [0.25, 0.3) is 0 Å². The second kappa shape index (κ2) is 10.1. The van der Waals surface area contributed by atoms with Crippen molar-refractivity contribution in [1.29, 1.82) is 0 Å². The Morgan fingerprint density at radius 1 is 1.14 bits per heavy atom. The molecule has 1 heterocycles. The molecule has 2 aromatic carbocycles. The van der Waals surface area contributed by atoms with Crippen molar-refractivity contribution in [2.24, 2.45) is 0 Å². The summed E-state index contributed by atoms with van der Waals surface area (Å²) in [6.07, 6.45) is 2.70. The number of benzene rings is 2. The molecular weight excluding hydrogens is 368 g/mol. The van der Waals surface area contributed by atoms with Crippen LogP contribution in [0.3, 0.4) is 0 Å². The van der Waals surface area contributed by atoms with E-state index in [0.717, 1.165) is 30.4 Å². The molecule has 0 aromatic heterocycles. The minimum absolute atomic E-state index is 0.00141. The van der Waals surface area contributed by atoms with E-state index in [4.69, 9.17) is 4.74 Å². The van der Waals surface area contributed by atoms with Gasteiger partial charge < -0.3 is 15.2 Å². The first-order valence-corrected chi connectivity index (χ1v) is 10.0. The third-order valence-electron chi connectivity index (χ3n) is 4.96. The lowest BCUT2D eigenvalue weighted by Gasteiger charge is -2.23. The Labute approximate surface area is 171 Å². The average molecular weight is 396 g/mol. The van der Waals surface area contributed by atoms with Gasteiger partial charge in [0.2, 0.25) is 5.91 Å². The number of amides is 1. The Hall–Kier alpha value is -2.86. The molecule has 2 N–H and O–H groups in total. The van der Waals surface area contributed by atoms with Gasteiger partial charge in [-0.1, -0.05) is 35.9 Å². The number of aromatic carboxylic acids is 1. The first-order chi connectivity index (χ1) is 14.0. The number of nitrogens with one attached hydrogen (secondary N) is 1. The molecule has 0 spiro atoms. The maximum atomic E-state index is 12.4. The standard InChI is InChI=1S/C23H28N2O4/c1-17-6-5-7-18(12-17)14-25-15-20-9-8-19(23(27)28)13-21(20)29-11-4-2-3-10-24-22(26)16-25/h5-9,12-13H,2-4,10-11,14-16H2,1H3,(H,24,26)(H,27,28). The minimum atomic E-state index is -0.977. The summed E-state index contributed by atoms with van der Waals surface area (Å²) in [6, 6.07) is 13.2. The van der Waals surface area contributed by atoms with Gasteiger partial charge in [0.05, 0.1) is 18.7 Å². The molecule has 0 saturated carbocycles. The lowest BCUT2D eigenvalue weighted by Crippen LogP contribution is -2.37. The van der Waals surface area contributed by atoms with Gasteiger partial charge in [-0.05, 0) is 43.9 Å². The van der Waals surface area contributed by atoms with E-state index in [2.05, 4.69) is 22.3 Å². The number of nitrogens with zero attached hydrogens (tertiary/aromatic N) is 1. The molecule has 1 amide bonds. The number of carboxylic acids is 1. The number of hydrogen-bond acceptors (Lipinski definition) is 4. The topological polar surface area (TPSA) is 78.9 Å². The fraction of sp³-hybridized carbons (Fsp3) is 0.391. The molecular formula is C23H28N2O4. The molecule has 154 valence electrons. The van der Waals surface area contributed by atoms with E-state index in [0.29, 0.717) is 32.0 Å². The SMILES string of the molecule is Cc1cccc(CN2CC(=O)NCCCCCOc3cc(C(=O)O)ccc3C2)c1. The zero-order valence-corrected chi connectivity index (χ0v) is 16.8. The first-order valence-electron chi connectivity index (χ1n) is 10.0. The molecule has 6 nitrogen and oxygen atoms in total. The Kier molecular flexibility index (Phi) is 7.25. The quantitative estimate of drug-likeness (QED) is 0.832. The third kappa shape index (κ3) is 6.32. The van der Waals surface area contributed by atoms with E-state index in [-0.39, 0.29) is 18.0 Å². The smallest absolute Gasteiger partial charge is 0.335 e. The van der Waals surface area contributed by atoms with E-state index in [1.54, 1.807) is 18.2 Å². The second-order valence-electron chi connectivity index (χ2n) is 7.52. The van der Waals surface area contributed by atoms with Crippen LogP contribution in [0, 0.1) is 6.92 Å². The summed E-state index contributed by atoms with van der Waals surface area (Å²) in [7, 11) is 0. The highest BCUT2D eigenvalue weighted by Gasteiger charge is 2.17. The average Bonchev–Trinajstić information content (AvgIpc) is 2.68. The van der Waals surface area contributed by atoms with Gasteiger partial charge in [-0.15, -0.1) is 0 Å². The molecule has 29 heavy (non-hydrogen) atoms. The summed E-state index contributed by atoms with van der Waals surface area (Å²) in [5.74, 6) is -0.393. The van der Waals surface area contributed by atoms with Gasteiger partial charge in [-0.3, -0.25) is 9.69 Å². The van der Waals surface area contributed by atoms with Gasteiger partial charge in [0.15, 0.2) is 0 Å². The molecule has 1 aliphatic heterocycles. The van der Waals surface area contributed by atoms with Gasteiger partial charge in [-0.25, -0.2) is 4.79 Å². The molecule has 6 heteroatoms. The Bertz CT molecular complexity index is 866. The molecule has 0 radical (unpaired) electrons. The summed E-state index contributed by atoms with van der Waals surface area (Å²) in [5, 5.41) is 12.3. The maximum Gasteiger partial charge on any atom is 0.335 e. The summed E-state index contributed by atoms with van der Waals surface area (Å²) < 4.78 is 5.94. The monoisotopic (exact) mass is 396 g/mol. The Morgan fingerprint density at radius 2 is 2.00 bits per heavy atom. The second-order valence-corrected chi connectivity index (χ2v) is 7.52. The molecule has 0 bridgehead atoms. The minimum Gasteiger partial charge on any atom is -0.493 e. The summed E-state index contributed by atoms with van der Waals surface area (Å²) in [4.78, 5) is 25.9. The fourth-order valence-electron chi connectivity index (χ4n) is 3.50. The number of hydrogen-bond donors (Lipinski definition) is 2. The normalized spacial score (nSPS) is 16.4. The molecule has 3 rings (SSSR count). The predicted molar refractivity (Wildman–Crippen MR) is 111 cm³/mol. The lowest BCUT2D eigenvalue weighted by atomic mass is 10.1. The van der Waals surface area contributed by atoms with Crippen molar-refractivity contribution in [3.63, 3.8) is 0 Å². The number of fused-ring (bicyclic) bond motifs is 1. The largest absolute Gasteiger partial charge is 0.493 e. The molecule has 2 aromatic rings. The molecule has 0 atom stereocenters. The third-order valence-corrected chi connectivity index (χ3v) is 4.96. The number of carbonyl (C=O) groups excluding carboxylic acids is 1. The van der Waals surface area contributed by atoms with Crippen LogP contribution in [0.1, 0.15) is 46.3 Å². The number of carboxylic acid groups (broad SMARTS) is 1. The van der Waals surface area contributed by atoms with Crippen molar-refractivity contribution in [2.45, 2.75) is 39.3 Å². The highest BCUT2D eigenvalue weighted by atomic mass is 16.5. The van der Waals surface area contributed by atoms with Crippen LogP contribution in [0.5, 0.6) is 5.75 Å². The van der Waals surface area contributed by atoms with Crippen LogP contribution in [0.4, 0.5) is 0 Å². The highest BCUT2D eigenvalue weighted by Crippen LogP contribution is 2.24. The van der Waals surface area contributed by atoms with E-state index in [1.807, 2.05) is 19.1 Å².